The molecule has 2 heteroatoms. The maximum Gasteiger partial charge on any atom is 0.0107 e. The highest BCUT2D eigenvalue weighted by Gasteiger charge is 2.25. The zero-order chi connectivity index (χ0) is 10.5. The van der Waals surface area contributed by atoms with Crippen LogP contribution in [0.5, 0.6) is 0 Å². The van der Waals surface area contributed by atoms with E-state index in [1.165, 1.54) is 64.6 Å². The third kappa shape index (κ3) is 3.76. The summed E-state index contributed by atoms with van der Waals surface area (Å²) in [5.41, 5.74) is 0. The van der Waals surface area contributed by atoms with Gasteiger partial charge in [-0.25, -0.2) is 0 Å². The standard InChI is InChI=1S/C13H26N2/c1-14-9-7-13-4-2-3-10-15(13)11-8-12-5-6-12/h12-14H,2-11H2,1H3. The average Bonchev–Trinajstić information content (AvgIpc) is 3.08. The lowest BCUT2D eigenvalue weighted by Gasteiger charge is -2.36. The minimum atomic E-state index is 0.880. The van der Waals surface area contributed by atoms with E-state index in [1.54, 1.807) is 0 Å². The molecule has 1 N–H and O–H groups in total. The fourth-order valence-corrected chi connectivity index (χ4v) is 2.75. The Labute approximate surface area is 94.4 Å². The van der Waals surface area contributed by atoms with Crippen molar-refractivity contribution in [2.75, 3.05) is 26.7 Å². The van der Waals surface area contributed by atoms with Gasteiger partial charge in [0.05, 0.1) is 0 Å². The maximum atomic E-state index is 3.29. The van der Waals surface area contributed by atoms with Crippen LogP contribution in [0.15, 0.2) is 0 Å². The molecule has 0 aromatic carbocycles. The second-order valence-corrected chi connectivity index (χ2v) is 5.31. The second-order valence-electron chi connectivity index (χ2n) is 5.31. The molecular formula is C13H26N2. The topological polar surface area (TPSA) is 15.3 Å². The molecule has 1 aliphatic heterocycles. The Morgan fingerprint density at radius 1 is 1.13 bits per heavy atom. The average molecular weight is 210 g/mol. The third-order valence-electron chi connectivity index (χ3n) is 4.00. The quantitative estimate of drug-likeness (QED) is 0.723. The van der Waals surface area contributed by atoms with Gasteiger partial charge in [0, 0.05) is 6.04 Å². The van der Waals surface area contributed by atoms with Gasteiger partial charge in [0.15, 0.2) is 0 Å². The maximum absolute atomic E-state index is 3.29. The zero-order valence-electron chi connectivity index (χ0n) is 10.2. The van der Waals surface area contributed by atoms with Gasteiger partial charge in [0.1, 0.15) is 0 Å². The van der Waals surface area contributed by atoms with Crippen molar-refractivity contribution in [3.8, 4) is 0 Å². The molecular weight excluding hydrogens is 184 g/mol. The normalized spacial score (nSPS) is 28.2. The van der Waals surface area contributed by atoms with Crippen LogP contribution in [0.2, 0.25) is 0 Å². The highest BCUT2D eigenvalue weighted by atomic mass is 15.2. The summed E-state index contributed by atoms with van der Waals surface area (Å²) in [6, 6.07) is 0.880. The van der Waals surface area contributed by atoms with Crippen molar-refractivity contribution in [1.82, 2.24) is 10.2 Å². The first kappa shape index (κ1) is 11.4. The molecule has 1 unspecified atom stereocenters. The first-order valence-corrected chi connectivity index (χ1v) is 6.79. The molecule has 0 aromatic heterocycles. The number of likely N-dealkylation sites (tertiary alicyclic amines) is 1. The molecule has 0 amide bonds. The molecule has 2 fully saturated rings. The van der Waals surface area contributed by atoms with Gasteiger partial charge in [-0.3, -0.25) is 0 Å². The number of nitrogens with one attached hydrogen (secondary N) is 1. The van der Waals surface area contributed by atoms with Gasteiger partial charge in [0.25, 0.3) is 0 Å². The van der Waals surface area contributed by atoms with Crippen LogP contribution in [-0.4, -0.2) is 37.6 Å². The van der Waals surface area contributed by atoms with Gasteiger partial charge in [0.2, 0.25) is 0 Å². The number of hydrogen-bond acceptors (Lipinski definition) is 2. The second kappa shape index (κ2) is 5.86. The molecule has 15 heavy (non-hydrogen) atoms. The van der Waals surface area contributed by atoms with E-state index in [1.807, 2.05) is 0 Å². The Balaban J connectivity index is 1.70. The Morgan fingerprint density at radius 3 is 2.73 bits per heavy atom. The van der Waals surface area contributed by atoms with E-state index in [9.17, 15) is 0 Å². The summed E-state index contributed by atoms with van der Waals surface area (Å²) in [6.07, 6.45) is 10.2. The molecule has 1 aliphatic carbocycles. The van der Waals surface area contributed by atoms with Crippen LogP contribution in [0.25, 0.3) is 0 Å². The van der Waals surface area contributed by atoms with Gasteiger partial charge in [-0.2, -0.15) is 0 Å². The molecule has 0 bridgehead atoms. The van der Waals surface area contributed by atoms with E-state index >= 15 is 0 Å². The lowest BCUT2D eigenvalue weighted by atomic mass is 9.99. The summed E-state index contributed by atoms with van der Waals surface area (Å²) in [6.45, 7) is 3.92. The lowest BCUT2D eigenvalue weighted by molar-refractivity contribution is 0.136. The van der Waals surface area contributed by atoms with E-state index in [0.29, 0.717) is 0 Å². The monoisotopic (exact) mass is 210 g/mol. The lowest BCUT2D eigenvalue weighted by Crippen LogP contribution is -2.41. The van der Waals surface area contributed by atoms with Gasteiger partial charge in [-0.05, 0) is 58.3 Å². The van der Waals surface area contributed by atoms with Gasteiger partial charge < -0.3 is 10.2 Å². The zero-order valence-corrected chi connectivity index (χ0v) is 10.2. The van der Waals surface area contributed by atoms with Crippen molar-refractivity contribution >= 4 is 0 Å². The van der Waals surface area contributed by atoms with Crippen molar-refractivity contribution in [3.05, 3.63) is 0 Å². The van der Waals surface area contributed by atoms with Crippen LogP contribution in [0.1, 0.15) is 44.9 Å². The molecule has 0 aromatic rings. The van der Waals surface area contributed by atoms with E-state index in [-0.39, 0.29) is 0 Å². The van der Waals surface area contributed by atoms with Crippen LogP contribution < -0.4 is 5.32 Å². The Kier molecular flexibility index (Phi) is 4.45. The summed E-state index contributed by atoms with van der Waals surface area (Å²) in [5.74, 6) is 1.09. The fourth-order valence-electron chi connectivity index (χ4n) is 2.75. The predicted octanol–water partition coefficient (Wildman–Crippen LogP) is 2.25. The van der Waals surface area contributed by atoms with Gasteiger partial charge >= 0.3 is 0 Å². The van der Waals surface area contributed by atoms with Crippen LogP contribution in [0.4, 0.5) is 0 Å². The summed E-state index contributed by atoms with van der Waals surface area (Å²) >= 11 is 0. The van der Waals surface area contributed by atoms with Crippen molar-refractivity contribution in [1.29, 1.82) is 0 Å². The van der Waals surface area contributed by atoms with Crippen molar-refractivity contribution < 1.29 is 0 Å². The summed E-state index contributed by atoms with van der Waals surface area (Å²) in [7, 11) is 2.07. The minimum absolute atomic E-state index is 0.880. The molecule has 2 nitrogen and oxygen atoms in total. The number of hydrogen-bond donors (Lipinski definition) is 1. The summed E-state index contributed by atoms with van der Waals surface area (Å²) in [5, 5.41) is 3.29. The molecule has 0 spiro atoms. The highest BCUT2D eigenvalue weighted by Crippen LogP contribution is 2.33. The van der Waals surface area contributed by atoms with Gasteiger partial charge in [-0.15, -0.1) is 0 Å². The molecule has 2 aliphatic rings. The first-order valence-electron chi connectivity index (χ1n) is 6.79. The molecule has 88 valence electrons. The molecule has 1 heterocycles. The fraction of sp³-hybridized carbons (Fsp3) is 1.00. The van der Waals surface area contributed by atoms with E-state index < -0.39 is 0 Å². The first-order chi connectivity index (χ1) is 7.40. The predicted molar refractivity (Wildman–Crippen MR) is 65.1 cm³/mol. The molecule has 0 radical (unpaired) electrons. The Bertz CT molecular complexity index is 177. The number of rotatable bonds is 6. The van der Waals surface area contributed by atoms with Crippen molar-refractivity contribution in [2.45, 2.75) is 51.0 Å². The van der Waals surface area contributed by atoms with Gasteiger partial charge in [-0.1, -0.05) is 19.3 Å². The van der Waals surface area contributed by atoms with Crippen molar-refractivity contribution in [3.63, 3.8) is 0 Å². The highest BCUT2D eigenvalue weighted by molar-refractivity contribution is 4.80. The van der Waals surface area contributed by atoms with E-state index in [4.69, 9.17) is 0 Å². The van der Waals surface area contributed by atoms with E-state index in [2.05, 4.69) is 17.3 Å². The summed E-state index contributed by atoms with van der Waals surface area (Å²) in [4.78, 5) is 2.76. The molecule has 2 rings (SSSR count). The largest absolute Gasteiger partial charge is 0.320 e. The van der Waals surface area contributed by atoms with Crippen LogP contribution >= 0.6 is 0 Å². The number of nitrogens with zero attached hydrogens (tertiary/aromatic N) is 1. The van der Waals surface area contributed by atoms with Crippen LogP contribution in [0, 0.1) is 5.92 Å². The van der Waals surface area contributed by atoms with Crippen molar-refractivity contribution in [2.24, 2.45) is 5.92 Å². The Hall–Kier alpha value is -0.0800. The smallest absolute Gasteiger partial charge is 0.0107 e. The molecule has 1 atom stereocenters. The Morgan fingerprint density at radius 2 is 2.00 bits per heavy atom. The van der Waals surface area contributed by atoms with Crippen LogP contribution in [0.3, 0.4) is 0 Å². The van der Waals surface area contributed by atoms with E-state index in [0.717, 1.165) is 12.0 Å². The number of piperidine rings is 1. The van der Waals surface area contributed by atoms with Crippen LogP contribution in [-0.2, 0) is 0 Å². The summed E-state index contributed by atoms with van der Waals surface area (Å²) < 4.78 is 0. The minimum Gasteiger partial charge on any atom is -0.320 e. The molecule has 1 saturated carbocycles. The third-order valence-corrected chi connectivity index (χ3v) is 4.00. The SMILES string of the molecule is CNCCC1CCCCN1CCC1CC1. The molecule has 1 saturated heterocycles.